The third-order valence-electron chi connectivity index (χ3n) is 4.76. The molecule has 5 nitrogen and oxygen atoms in total. The molecule has 0 radical (unpaired) electrons. The molecule has 2 aliphatic heterocycles. The van der Waals surface area contributed by atoms with Crippen LogP contribution in [0.4, 0.5) is 0 Å². The van der Waals surface area contributed by atoms with Gasteiger partial charge in [0.1, 0.15) is 0 Å². The number of aliphatic hydroxyl groups is 1. The third kappa shape index (κ3) is 2.34. The molecule has 1 amide bonds. The molecule has 2 aromatic rings. The number of benzene rings is 2. The van der Waals surface area contributed by atoms with Crippen molar-refractivity contribution in [3.8, 4) is 0 Å². The minimum Gasteiger partial charge on any atom is -0.366 e. The first-order valence-corrected chi connectivity index (χ1v) is 7.82. The number of carbonyl (C=O) groups excluding carboxylic acids is 1. The molecule has 2 aliphatic rings. The van der Waals surface area contributed by atoms with Gasteiger partial charge in [-0.3, -0.25) is 4.79 Å². The Bertz CT molecular complexity index is 707. The summed E-state index contributed by atoms with van der Waals surface area (Å²) in [6.45, 7) is 1.03. The van der Waals surface area contributed by atoms with Crippen LogP contribution in [0.2, 0.25) is 0 Å². The molecule has 5 heteroatoms. The van der Waals surface area contributed by atoms with Gasteiger partial charge in [0.15, 0.2) is 0 Å². The van der Waals surface area contributed by atoms with E-state index in [0.29, 0.717) is 13.1 Å². The highest BCUT2D eigenvalue weighted by Gasteiger charge is 2.60. The number of rotatable bonds is 3. The third-order valence-corrected chi connectivity index (χ3v) is 4.76. The number of fused-ring (bicyclic) bond motifs is 1. The summed E-state index contributed by atoms with van der Waals surface area (Å²) >= 11 is 0. The van der Waals surface area contributed by atoms with Crippen LogP contribution in [-0.4, -0.2) is 28.2 Å². The van der Waals surface area contributed by atoms with Crippen molar-refractivity contribution in [2.75, 3.05) is 6.54 Å². The van der Waals surface area contributed by atoms with Gasteiger partial charge < -0.3 is 10.0 Å². The lowest BCUT2D eigenvalue weighted by Gasteiger charge is -2.21. The summed E-state index contributed by atoms with van der Waals surface area (Å²) in [5.41, 5.74) is 6.50. The van der Waals surface area contributed by atoms with Gasteiger partial charge >= 0.3 is 0 Å². The summed E-state index contributed by atoms with van der Waals surface area (Å²) in [6.07, 6.45) is 0. The van der Waals surface area contributed by atoms with Crippen LogP contribution in [0.15, 0.2) is 60.7 Å². The molecular formula is C18H19N3O2. The van der Waals surface area contributed by atoms with Gasteiger partial charge in [-0.15, -0.1) is 0 Å². The fourth-order valence-corrected chi connectivity index (χ4v) is 3.55. The molecule has 2 aromatic carbocycles. The standard InChI is InChI=1S/C18H19N3O2/c22-17-18(23)15(12-21(17)11-13-7-3-1-4-8-13)16(19-20-18)14-9-5-2-6-10-14/h1-10,15-16,19-20,23H,11-12H2. The van der Waals surface area contributed by atoms with Crippen LogP contribution in [0, 0.1) is 5.92 Å². The van der Waals surface area contributed by atoms with Crippen LogP contribution >= 0.6 is 0 Å². The van der Waals surface area contributed by atoms with Crippen molar-refractivity contribution < 1.29 is 9.90 Å². The Morgan fingerprint density at radius 3 is 2.43 bits per heavy atom. The predicted molar refractivity (Wildman–Crippen MR) is 85.8 cm³/mol. The van der Waals surface area contributed by atoms with Crippen LogP contribution in [0.1, 0.15) is 17.2 Å². The van der Waals surface area contributed by atoms with E-state index in [2.05, 4.69) is 10.9 Å². The molecule has 3 unspecified atom stereocenters. The molecule has 0 bridgehead atoms. The van der Waals surface area contributed by atoms with E-state index in [-0.39, 0.29) is 17.9 Å². The number of nitrogens with one attached hydrogen (secondary N) is 2. The minimum absolute atomic E-state index is 0.0917. The zero-order valence-electron chi connectivity index (χ0n) is 12.6. The lowest BCUT2D eigenvalue weighted by atomic mass is 9.89. The average Bonchev–Trinajstić information content (AvgIpc) is 3.04. The number of hydrogen-bond acceptors (Lipinski definition) is 4. The van der Waals surface area contributed by atoms with Gasteiger partial charge in [0, 0.05) is 13.1 Å². The Morgan fingerprint density at radius 2 is 1.74 bits per heavy atom. The molecule has 3 N–H and O–H groups in total. The second-order valence-corrected chi connectivity index (χ2v) is 6.20. The maximum atomic E-state index is 12.7. The van der Waals surface area contributed by atoms with Gasteiger partial charge in [-0.1, -0.05) is 60.7 Å². The first-order valence-electron chi connectivity index (χ1n) is 7.82. The fourth-order valence-electron chi connectivity index (χ4n) is 3.55. The van der Waals surface area contributed by atoms with Crippen LogP contribution in [0.25, 0.3) is 0 Å². The zero-order chi connectivity index (χ0) is 15.9. The highest BCUT2D eigenvalue weighted by Crippen LogP contribution is 2.40. The smallest absolute Gasteiger partial charge is 0.271 e. The van der Waals surface area contributed by atoms with Crippen LogP contribution in [0.5, 0.6) is 0 Å². The summed E-state index contributed by atoms with van der Waals surface area (Å²) in [5.74, 6) is -0.488. The molecule has 2 heterocycles. The Kier molecular flexibility index (Phi) is 3.41. The molecule has 118 valence electrons. The predicted octanol–water partition coefficient (Wildman–Crippen LogP) is 1.18. The van der Waals surface area contributed by atoms with E-state index in [1.165, 1.54) is 0 Å². The first-order chi connectivity index (χ1) is 11.2. The highest BCUT2D eigenvalue weighted by molar-refractivity contribution is 5.88. The molecule has 23 heavy (non-hydrogen) atoms. The topological polar surface area (TPSA) is 64.6 Å². The van der Waals surface area contributed by atoms with E-state index in [0.717, 1.165) is 11.1 Å². The normalized spacial score (nSPS) is 29.8. The maximum absolute atomic E-state index is 12.7. The number of amides is 1. The van der Waals surface area contributed by atoms with Crippen molar-refractivity contribution in [3.05, 3.63) is 71.8 Å². The average molecular weight is 309 g/mol. The quantitative estimate of drug-likeness (QED) is 0.797. The molecule has 4 rings (SSSR count). The van der Waals surface area contributed by atoms with E-state index in [1.807, 2.05) is 60.7 Å². The van der Waals surface area contributed by atoms with Crippen molar-refractivity contribution in [1.29, 1.82) is 0 Å². The molecule has 0 spiro atoms. The fraction of sp³-hybridized carbons (Fsp3) is 0.278. The van der Waals surface area contributed by atoms with E-state index in [4.69, 9.17) is 0 Å². The van der Waals surface area contributed by atoms with Gasteiger partial charge in [-0.25, -0.2) is 10.9 Å². The highest BCUT2D eigenvalue weighted by atomic mass is 16.3. The second-order valence-electron chi connectivity index (χ2n) is 6.20. The zero-order valence-corrected chi connectivity index (χ0v) is 12.6. The van der Waals surface area contributed by atoms with Gasteiger partial charge in [-0.05, 0) is 11.1 Å². The van der Waals surface area contributed by atoms with Gasteiger partial charge in [0.2, 0.25) is 5.72 Å². The molecule has 3 atom stereocenters. The number of hydrogen-bond donors (Lipinski definition) is 3. The van der Waals surface area contributed by atoms with Crippen molar-refractivity contribution in [3.63, 3.8) is 0 Å². The molecule has 0 saturated carbocycles. The van der Waals surface area contributed by atoms with Gasteiger partial charge in [0.25, 0.3) is 5.91 Å². The van der Waals surface area contributed by atoms with Crippen molar-refractivity contribution in [2.24, 2.45) is 5.92 Å². The lowest BCUT2D eigenvalue weighted by molar-refractivity contribution is -0.147. The summed E-state index contributed by atoms with van der Waals surface area (Å²) in [4.78, 5) is 14.4. The van der Waals surface area contributed by atoms with E-state index in [1.54, 1.807) is 4.90 Å². The van der Waals surface area contributed by atoms with Crippen molar-refractivity contribution >= 4 is 5.91 Å². The molecule has 0 aliphatic carbocycles. The Morgan fingerprint density at radius 1 is 1.09 bits per heavy atom. The SMILES string of the molecule is O=C1N(Cc2ccccc2)CC2C(c3ccccc3)NNC12O. The van der Waals surface area contributed by atoms with E-state index in [9.17, 15) is 9.90 Å². The van der Waals surface area contributed by atoms with Crippen LogP contribution in [0.3, 0.4) is 0 Å². The second kappa shape index (κ2) is 5.45. The molecular weight excluding hydrogens is 290 g/mol. The number of nitrogens with zero attached hydrogens (tertiary/aromatic N) is 1. The summed E-state index contributed by atoms with van der Waals surface area (Å²) in [7, 11) is 0. The van der Waals surface area contributed by atoms with Gasteiger partial charge in [0.05, 0.1) is 12.0 Å². The van der Waals surface area contributed by atoms with Crippen molar-refractivity contribution in [1.82, 2.24) is 15.8 Å². The Hall–Kier alpha value is -2.21. The molecule has 0 aromatic heterocycles. The first kappa shape index (κ1) is 14.4. The summed E-state index contributed by atoms with van der Waals surface area (Å²) in [5, 5.41) is 10.8. The lowest BCUT2D eigenvalue weighted by Crippen LogP contribution is -2.53. The van der Waals surface area contributed by atoms with Crippen LogP contribution in [-0.2, 0) is 11.3 Å². The molecule has 2 fully saturated rings. The number of carbonyl (C=O) groups is 1. The van der Waals surface area contributed by atoms with Gasteiger partial charge in [-0.2, -0.15) is 0 Å². The van der Waals surface area contributed by atoms with E-state index < -0.39 is 5.72 Å². The summed E-state index contributed by atoms with van der Waals surface area (Å²) < 4.78 is 0. The minimum atomic E-state index is -1.53. The van der Waals surface area contributed by atoms with Crippen molar-refractivity contribution in [2.45, 2.75) is 18.3 Å². The Balaban J connectivity index is 1.58. The largest absolute Gasteiger partial charge is 0.366 e. The van der Waals surface area contributed by atoms with Crippen LogP contribution < -0.4 is 10.9 Å². The monoisotopic (exact) mass is 309 g/mol. The Labute approximate surface area is 134 Å². The maximum Gasteiger partial charge on any atom is 0.271 e. The molecule has 2 saturated heterocycles. The number of hydrazine groups is 1. The number of likely N-dealkylation sites (tertiary alicyclic amines) is 1. The summed E-state index contributed by atoms with van der Waals surface area (Å²) in [6, 6.07) is 19.7. The van der Waals surface area contributed by atoms with E-state index >= 15 is 0 Å².